The minimum atomic E-state index is -0.0312. The molecule has 0 unspecified atom stereocenters. The molecule has 1 aromatic heterocycles. The van der Waals surface area contributed by atoms with Crippen molar-refractivity contribution in [1.82, 2.24) is 9.55 Å². The average Bonchev–Trinajstić information content (AvgIpc) is 2.65. The first-order valence-electron chi connectivity index (χ1n) is 8.01. The van der Waals surface area contributed by atoms with E-state index in [1.165, 1.54) is 0 Å². The van der Waals surface area contributed by atoms with Gasteiger partial charge >= 0.3 is 0 Å². The van der Waals surface area contributed by atoms with E-state index in [0.717, 1.165) is 22.0 Å². The van der Waals surface area contributed by atoms with E-state index in [1.54, 1.807) is 30.5 Å². The molecule has 0 spiro atoms. The number of para-hydroxylation sites is 1. The van der Waals surface area contributed by atoms with Crippen molar-refractivity contribution in [1.29, 1.82) is 0 Å². The van der Waals surface area contributed by atoms with Crippen LogP contribution in [0.4, 0.5) is 0 Å². The molecule has 6 heteroatoms. The number of fused-ring (bicyclic) bond motifs is 1. The number of aromatic nitrogens is 2. The minimum Gasteiger partial charge on any atom is -0.493 e. The van der Waals surface area contributed by atoms with Crippen LogP contribution in [0.2, 0.25) is 0 Å². The number of benzene rings is 2. The summed E-state index contributed by atoms with van der Waals surface area (Å²) in [5, 5.41) is 1.35. The summed E-state index contributed by atoms with van der Waals surface area (Å²) in [5.41, 5.74) is 1.65. The van der Waals surface area contributed by atoms with Crippen LogP contribution >= 0.6 is 11.8 Å². The molecule has 0 fully saturated rings. The van der Waals surface area contributed by atoms with E-state index >= 15 is 0 Å². The van der Waals surface area contributed by atoms with Crippen molar-refractivity contribution in [3.05, 3.63) is 58.4 Å². The summed E-state index contributed by atoms with van der Waals surface area (Å²) in [4.78, 5) is 17.6. The Hall–Kier alpha value is -2.47. The van der Waals surface area contributed by atoms with Gasteiger partial charge in [-0.3, -0.25) is 9.36 Å². The van der Waals surface area contributed by atoms with Crippen LogP contribution < -0.4 is 15.0 Å². The standard InChI is InChI=1S/C19H20N2O3S/c1-4-25-19-20-15-8-6-5-7-14(15)18(22)21(19)12-13-9-10-16(23-2)17(11-13)24-3/h5-11H,4,12H2,1-3H3. The SMILES string of the molecule is CCSc1nc2ccccc2c(=O)n1Cc1ccc(OC)c(OC)c1. The first-order valence-corrected chi connectivity index (χ1v) is 8.99. The highest BCUT2D eigenvalue weighted by Crippen LogP contribution is 2.28. The summed E-state index contributed by atoms with van der Waals surface area (Å²) in [6.07, 6.45) is 0. The lowest BCUT2D eigenvalue weighted by Crippen LogP contribution is -2.24. The molecule has 0 saturated heterocycles. The molecule has 130 valence electrons. The quantitative estimate of drug-likeness (QED) is 0.499. The fraction of sp³-hybridized carbons (Fsp3) is 0.263. The van der Waals surface area contributed by atoms with Crippen LogP contribution in [0.3, 0.4) is 0 Å². The summed E-state index contributed by atoms with van der Waals surface area (Å²) in [5.74, 6) is 2.15. The molecule has 2 aromatic carbocycles. The maximum absolute atomic E-state index is 13.0. The van der Waals surface area contributed by atoms with Crippen LogP contribution in [-0.4, -0.2) is 29.5 Å². The van der Waals surface area contributed by atoms with Crippen molar-refractivity contribution in [2.24, 2.45) is 0 Å². The Bertz CT molecular complexity index is 953. The molecule has 0 atom stereocenters. The van der Waals surface area contributed by atoms with Crippen molar-refractivity contribution in [3.8, 4) is 11.5 Å². The van der Waals surface area contributed by atoms with Gasteiger partial charge in [0.2, 0.25) is 0 Å². The zero-order valence-electron chi connectivity index (χ0n) is 14.5. The second kappa shape index (κ2) is 7.61. The first kappa shape index (κ1) is 17.4. The average molecular weight is 356 g/mol. The normalized spacial score (nSPS) is 10.8. The molecular formula is C19H20N2O3S. The molecule has 0 aliphatic rings. The predicted molar refractivity (Wildman–Crippen MR) is 101 cm³/mol. The first-order chi connectivity index (χ1) is 12.2. The van der Waals surface area contributed by atoms with Crippen LogP contribution in [0.1, 0.15) is 12.5 Å². The molecule has 0 aliphatic carbocycles. The van der Waals surface area contributed by atoms with E-state index < -0.39 is 0 Å². The molecular weight excluding hydrogens is 336 g/mol. The Morgan fingerprint density at radius 3 is 2.56 bits per heavy atom. The molecule has 0 saturated carbocycles. The van der Waals surface area contributed by atoms with Gasteiger partial charge in [0.05, 0.1) is 31.7 Å². The minimum absolute atomic E-state index is 0.0312. The summed E-state index contributed by atoms with van der Waals surface area (Å²) in [6.45, 7) is 2.48. The van der Waals surface area contributed by atoms with Crippen molar-refractivity contribution < 1.29 is 9.47 Å². The summed E-state index contributed by atoms with van der Waals surface area (Å²) in [6, 6.07) is 13.1. The zero-order chi connectivity index (χ0) is 17.8. The smallest absolute Gasteiger partial charge is 0.262 e. The Kier molecular flexibility index (Phi) is 5.28. The fourth-order valence-electron chi connectivity index (χ4n) is 2.69. The van der Waals surface area contributed by atoms with E-state index in [9.17, 15) is 4.79 Å². The number of nitrogens with zero attached hydrogens (tertiary/aromatic N) is 2. The molecule has 0 bridgehead atoms. The molecule has 25 heavy (non-hydrogen) atoms. The van der Waals surface area contributed by atoms with E-state index in [0.29, 0.717) is 23.4 Å². The predicted octanol–water partition coefficient (Wildman–Crippen LogP) is 3.57. The highest BCUT2D eigenvalue weighted by atomic mass is 32.2. The lowest BCUT2D eigenvalue weighted by molar-refractivity contribution is 0.354. The van der Waals surface area contributed by atoms with E-state index in [4.69, 9.17) is 9.47 Å². The van der Waals surface area contributed by atoms with E-state index in [2.05, 4.69) is 4.98 Å². The third-order valence-corrected chi connectivity index (χ3v) is 4.75. The second-order valence-electron chi connectivity index (χ2n) is 5.43. The Labute approximate surface area is 150 Å². The lowest BCUT2D eigenvalue weighted by Gasteiger charge is -2.14. The van der Waals surface area contributed by atoms with Crippen LogP contribution in [0.25, 0.3) is 10.9 Å². The van der Waals surface area contributed by atoms with Gasteiger partial charge in [-0.15, -0.1) is 0 Å². The highest BCUT2D eigenvalue weighted by Gasteiger charge is 2.12. The third-order valence-electron chi connectivity index (χ3n) is 3.89. The molecule has 0 N–H and O–H groups in total. The number of rotatable bonds is 6. The van der Waals surface area contributed by atoms with Gasteiger partial charge in [0, 0.05) is 0 Å². The second-order valence-corrected chi connectivity index (χ2v) is 6.66. The molecule has 0 radical (unpaired) electrons. The van der Waals surface area contributed by atoms with Gasteiger partial charge in [0.25, 0.3) is 5.56 Å². The van der Waals surface area contributed by atoms with Crippen molar-refractivity contribution in [3.63, 3.8) is 0 Å². The number of ether oxygens (including phenoxy) is 2. The van der Waals surface area contributed by atoms with Crippen LogP contribution in [0, 0.1) is 0 Å². The maximum atomic E-state index is 13.0. The zero-order valence-corrected chi connectivity index (χ0v) is 15.3. The molecule has 3 aromatic rings. The van der Waals surface area contributed by atoms with E-state index in [-0.39, 0.29) is 5.56 Å². The topological polar surface area (TPSA) is 53.4 Å². The third kappa shape index (κ3) is 3.49. The van der Waals surface area contributed by atoms with Crippen LogP contribution in [0.15, 0.2) is 52.4 Å². The fourth-order valence-corrected chi connectivity index (χ4v) is 3.41. The Balaban J connectivity index is 2.10. The van der Waals surface area contributed by atoms with E-state index in [1.807, 2.05) is 49.4 Å². The largest absolute Gasteiger partial charge is 0.493 e. The maximum Gasteiger partial charge on any atom is 0.262 e. The highest BCUT2D eigenvalue weighted by molar-refractivity contribution is 7.99. The van der Waals surface area contributed by atoms with Gasteiger partial charge in [0.1, 0.15) is 0 Å². The molecule has 0 aliphatic heterocycles. The van der Waals surface area contributed by atoms with Crippen LogP contribution in [-0.2, 0) is 6.54 Å². The Morgan fingerprint density at radius 2 is 1.84 bits per heavy atom. The van der Waals surface area contributed by atoms with Gasteiger partial charge in [-0.05, 0) is 35.6 Å². The van der Waals surface area contributed by atoms with Crippen molar-refractivity contribution in [2.75, 3.05) is 20.0 Å². The molecule has 5 nitrogen and oxygen atoms in total. The lowest BCUT2D eigenvalue weighted by atomic mass is 10.2. The van der Waals surface area contributed by atoms with Crippen molar-refractivity contribution >= 4 is 22.7 Å². The van der Waals surface area contributed by atoms with Gasteiger partial charge < -0.3 is 9.47 Å². The van der Waals surface area contributed by atoms with Gasteiger partial charge in [-0.2, -0.15) is 0 Å². The van der Waals surface area contributed by atoms with Gasteiger partial charge in [-0.25, -0.2) is 4.98 Å². The summed E-state index contributed by atoms with van der Waals surface area (Å²) in [7, 11) is 3.20. The Morgan fingerprint density at radius 1 is 1.08 bits per heavy atom. The number of methoxy groups -OCH3 is 2. The summed E-state index contributed by atoms with van der Waals surface area (Å²) >= 11 is 1.56. The number of hydrogen-bond donors (Lipinski definition) is 0. The van der Waals surface area contributed by atoms with Gasteiger partial charge in [0.15, 0.2) is 16.7 Å². The monoisotopic (exact) mass is 356 g/mol. The molecule has 0 amide bonds. The van der Waals surface area contributed by atoms with Crippen molar-refractivity contribution in [2.45, 2.75) is 18.6 Å². The van der Waals surface area contributed by atoms with Gasteiger partial charge in [-0.1, -0.05) is 36.9 Å². The number of hydrogen-bond acceptors (Lipinski definition) is 5. The molecule has 3 rings (SSSR count). The van der Waals surface area contributed by atoms with Crippen LogP contribution in [0.5, 0.6) is 11.5 Å². The number of thioether (sulfide) groups is 1. The summed E-state index contributed by atoms with van der Waals surface area (Å²) < 4.78 is 12.4. The molecule has 1 heterocycles.